The fraction of sp³-hybridized carbons (Fsp3) is 0.919. The lowest BCUT2D eigenvalue weighted by atomic mass is 9.91. The predicted molar refractivity (Wildman–Crippen MR) is 176 cm³/mol. The molecule has 0 fully saturated rings. The maximum Gasteiger partial charge on any atom is 0.0945 e. The molecule has 0 radical (unpaired) electrons. The molecule has 0 N–H and O–H groups in total. The van der Waals surface area contributed by atoms with Crippen LogP contribution in [0.15, 0.2) is 18.7 Å². The van der Waals surface area contributed by atoms with Gasteiger partial charge in [-0.1, -0.05) is 200 Å². The Kier molecular flexibility index (Phi) is 28.0. The van der Waals surface area contributed by atoms with Gasteiger partial charge < -0.3 is 4.57 Å². The van der Waals surface area contributed by atoms with Gasteiger partial charge in [-0.25, -0.2) is 4.98 Å². The van der Waals surface area contributed by atoms with Crippen LogP contribution in [0.5, 0.6) is 0 Å². The lowest BCUT2D eigenvalue weighted by molar-refractivity contribution is 0.361. The van der Waals surface area contributed by atoms with Crippen LogP contribution in [0.3, 0.4) is 0 Å². The molecule has 0 spiro atoms. The molecule has 1 rings (SSSR count). The normalized spacial score (nSPS) is 12.4. The summed E-state index contributed by atoms with van der Waals surface area (Å²) in [5.41, 5.74) is 0. The fourth-order valence-corrected chi connectivity index (χ4v) is 6.26. The molecule has 0 aliphatic heterocycles. The van der Waals surface area contributed by atoms with E-state index in [1.54, 1.807) is 0 Å². The van der Waals surface area contributed by atoms with Crippen LogP contribution >= 0.6 is 0 Å². The summed E-state index contributed by atoms with van der Waals surface area (Å²) in [4.78, 5) is 4.24. The van der Waals surface area contributed by atoms with Gasteiger partial charge in [0.2, 0.25) is 0 Å². The second kappa shape index (κ2) is 30.2. The van der Waals surface area contributed by atoms with E-state index in [4.69, 9.17) is 0 Å². The molecule has 1 aromatic heterocycles. The van der Waals surface area contributed by atoms with Crippen molar-refractivity contribution in [2.24, 2.45) is 5.92 Å². The van der Waals surface area contributed by atoms with Crippen LogP contribution in [-0.4, -0.2) is 9.55 Å². The Morgan fingerprint density at radius 3 is 1.08 bits per heavy atom. The van der Waals surface area contributed by atoms with Gasteiger partial charge in [0, 0.05) is 18.9 Å². The summed E-state index contributed by atoms with van der Waals surface area (Å²) in [7, 11) is 0. The number of nitrogens with zero attached hydrogens (tertiary/aromatic N) is 2. The Morgan fingerprint density at radius 2 is 0.769 bits per heavy atom. The van der Waals surface area contributed by atoms with E-state index in [1.807, 2.05) is 12.5 Å². The molecular weight excluding hydrogens is 472 g/mol. The maximum absolute atomic E-state index is 4.24. The summed E-state index contributed by atoms with van der Waals surface area (Å²) in [6.45, 7) is 5.77. The summed E-state index contributed by atoms with van der Waals surface area (Å²) in [6.07, 6.45) is 49.6. The zero-order chi connectivity index (χ0) is 27.9. The number of rotatable bonds is 32. The van der Waals surface area contributed by atoms with Crippen molar-refractivity contribution in [3.8, 4) is 0 Å². The first-order valence-corrected chi connectivity index (χ1v) is 18.3. The number of aromatic nitrogens is 2. The molecule has 1 heterocycles. The van der Waals surface area contributed by atoms with Crippen LogP contribution in [0, 0.1) is 5.92 Å². The standard InChI is InChI=1S/C37H72N2/c1-3-5-7-9-11-13-15-17-19-21-23-25-27-29-31-37(32-34-39-35-33-38-36-39)30-28-26-24-22-20-18-16-14-12-10-8-6-4-2/h33,35-37H,3-32,34H2,1-2H3. The highest BCUT2D eigenvalue weighted by Crippen LogP contribution is 2.23. The number of hydrogen-bond acceptors (Lipinski definition) is 1. The monoisotopic (exact) mass is 545 g/mol. The molecule has 0 bridgehead atoms. The third kappa shape index (κ3) is 25.9. The van der Waals surface area contributed by atoms with Crippen molar-refractivity contribution >= 4 is 0 Å². The van der Waals surface area contributed by atoms with Crippen molar-refractivity contribution in [2.45, 2.75) is 213 Å². The molecule has 1 aromatic rings. The van der Waals surface area contributed by atoms with Crippen LogP contribution < -0.4 is 0 Å². The molecule has 0 amide bonds. The number of aryl methyl sites for hydroxylation is 1. The zero-order valence-corrected chi connectivity index (χ0v) is 27.1. The third-order valence-corrected chi connectivity index (χ3v) is 9.04. The maximum atomic E-state index is 4.24. The van der Waals surface area contributed by atoms with E-state index in [2.05, 4.69) is 29.6 Å². The lowest BCUT2D eigenvalue weighted by Crippen LogP contribution is -2.06. The Balaban J connectivity index is 1.99. The van der Waals surface area contributed by atoms with Crippen LogP contribution in [0.2, 0.25) is 0 Å². The van der Waals surface area contributed by atoms with Crippen molar-refractivity contribution in [3.63, 3.8) is 0 Å². The predicted octanol–water partition coefficient (Wildman–Crippen LogP) is 13.2. The first-order chi connectivity index (χ1) is 19.4. The Bertz CT molecular complexity index is 552. The van der Waals surface area contributed by atoms with Crippen molar-refractivity contribution < 1.29 is 0 Å². The molecule has 1 atom stereocenters. The van der Waals surface area contributed by atoms with E-state index in [-0.39, 0.29) is 0 Å². The Hall–Kier alpha value is -0.790. The van der Waals surface area contributed by atoms with E-state index < -0.39 is 0 Å². The molecule has 1 unspecified atom stereocenters. The van der Waals surface area contributed by atoms with Gasteiger partial charge in [0.05, 0.1) is 6.33 Å². The molecule has 0 aliphatic carbocycles. The molecule has 0 saturated heterocycles. The Morgan fingerprint density at radius 1 is 0.436 bits per heavy atom. The highest BCUT2D eigenvalue weighted by molar-refractivity contribution is 4.74. The quantitative estimate of drug-likeness (QED) is 0.0824. The zero-order valence-electron chi connectivity index (χ0n) is 27.1. The first-order valence-electron chi connectivity index (χ1n) is 18.3. The van der Waals surface area contributed by atoms with Crippen LogP contribution in [0.4, 0.5) is 0 Å². The van der Waals surface area contributed by atoms with Crippen molar-refractivity contribution in [3.05, 3.63) is 18.7 Å². The minimum Gasteiger partial charge on any atom is -0.337 e. The summed E-state index contributed by atoms with van der Waals surface area (Å²) in [5, 5.41) is 0. The van der Waals surface area contributed by atoms with Gasteiger partial charge in [-0.2, -0.15) is 0 Å². The van der Waals surface area contributed by atoms with Gasteiger partial charge >= 0.3 is 0 Å². The van der Waals surface area contributed by atoms with Crippen molar-refractivity contribution in [1.29, 1.82) is 0 Å². The Labute approximate surface area is 246 Å². The first kappa shape index (κ1) is 36.2. The van der Waals surface area contributed by atoms with Gasteiger partial charge in [0.1, 0.15) is 0 Å². The molecule has 0 aromatic carbocycles. The van der Waals surface area contributed by atoms with E-state index in [0.29, 0.717) is 0 Å². The summed E-state index contributed by atoms with van der Waals surface area (Å²) in [6, 6.07) is 0. The lowest BCUT2D eigenvalue weighted by Gasteiger charge is -2.17. The molecule has 0 saturated carbocycles. The highest BCUT2D eigenvalue weighted by Gasteiger charge is 2.09. The van der Waals surface area contributed by atoms with Crippen LogP contribution in [-0.2, 0) is 6.54 Å². The average molecular weight is 545 g/mol. The highest BCUT2D eigenvalue weighted by atomic mass is 15.0. The SMILES string of the molecule is CCCCCCCCCCCCCCCCC(CCCCCCCCCCCCCCC)CCn1ccnc1. The van der Waals surface area contributed by atoms with Gasteiger partial charge in [-0.3, -0.25) is 0 Å². The minimum absolute atomic E-state index is 0.914. The minimum atomic E-state index is 0.914. The molecule has 0 aliphatic rings. The van der Waals surface area contributed by atoms with Crippen molar-refractivity contribution in [1.82, 2.24) is 9.55 Å². The van der Waals surface area contributed by atoms with Gasteiger partial charge in [0.15, 0.2) is 0 Å². The second-order valence-corrected chi connectivity index (χ2v) is 12.9. The van der Waals surface area contributed by atoms with E-state index >= 15 is 0 Å². The number of hydrogen-bond donors (Lipinski definition) is 0. The molecule has 39 heavy (non-hydrogen) atoms. The van der Waals surface area contributed by atoms with Gasteiger partial charge in [-0.15, -0.1) is 0 Å². The molecule has 230 valence electrons. The summed E-state index contributed by atoms with van der Waals surface area (Å²) < 4.78 is 2.28. The van der Waals surface area contributed by atoms with Crippen LogP contribution in [0.25, 0.3) is 0 Å². The second-order valence-electron chi connectivity index (χ2n) is 12.9. The number of unbranched alkanes of at least 4 members (excludes halogenated alkanes) is 25. The fourth-order valence-electron chi connectivity index (χ4n) is 6.26. The van der Waals surface area contributed by atoms with Gasteiger partial charge in [-0.05, 0) is 12.3 Å². The molecule has 2 nitrogen and oxygen atoms in total. The molecule has 2 heteroatoms. The van der Waals surface area contributed by atoms with E-state index in [9.17, 15) is 0 Å². The summed E-state index contributed by atoms with van der Waals surface area (Å²) >= 11 is 0. The topological polar surface area (TPSA) is 17.8 Å². The van der Waals surface area contributed by atoms with Crippen molar-refractivity contribution in [2.75, 3.05) is 0 Å². The van der Waals surface area contributed by atoms with Gasteiger partial charge in [0.25, 0.3) is 0 Å². The molecular formula is C37H72N2. The summed E-state index contributed by atoms with van der Waals surface area (Å²) in [5.74, 6) is 0.914. The van der Waals surface area contributed by atoms with Crippen LogP contribution in [0.1, 0.15) is 206 Å². The smallest absolute Gasteiger partial charge is 0.0945 e. The average Bonchev–Trinajstić information content (AvgIpc) is 3.47. The van der Waals surface area contributed by atoms with E-state index in [0.717, 1.165) is 12.5 Å². The number of imidazole rings is 1. The van der Waals surface area contributed by atoms with E-state index in [1.165, 1.54) is 193 Å². The largest absolute Gasteiger partial charge is 0.337 e. The third-order valence-electron chi connectivity index (χ3n) is 9.04.